The van der Waals surface area contributed by atoms with Crippen molar-refractivity contribution < 1.29 is 9.90 Å². The number of fused-ring (bicyclic) bond motifs is 1. The summed E-state index contributed by atoms with van der Waals surface area (Å²) in [6, 6.07) is 15.8. The maximum absolute atomic E-state index is 13.0. The predicted molar refractivity (Wildman–Crippen MR) is 105 cm³/mol. The minimum absolute atomic E-state index is 0.0964. The molecule has 0 saturated carbocycles. The van der Waals surface area contributed by atoms with Gasteiger partial charge in [0.1, 0.15) is 5.75 Å². The number of rotatable bonds is 3. The maximum Gasteiger partial charge on any atom is 0.256 e. The fourth-order valence-corrected chi connectivity index (χ4v) is 3.13. The average Bonchev–Trinajstić information content (AvgIpc) is 2.99. The second kappa shape index (κ2) is 6.57. The van der Waals surface area contributed by atoms with E-state index >= 15 is 0 Å². The number of nitrogens with zero attached hydrogens (tertiary/aromatic N) is 3. The van der Waals surface area contributed by atoms with Crippen LogP contribution in [0.15, 0.2) is 60.8 Å². The highest BCUT2D eigenvalue weighted by atomic mass is 16.3. The Labute approximate surface area is 156 Å². The molecule has 0 atom stereocenters. The Kier molecular flexibility index (Phi) is 4.08. The fourth-order valence-electron chi connectivity index (χ4n) is 3.13. The summed E-state index contributed by atoms with van der Waals surface area (Å²) in [6.45, 7) is 1.92. The molecular weight excluding hydrogens is 340 g/mol. The van der Waals surface area contributed by atoms with Crippen LogP contribution in [0.3, 0.4) is 0 Å². The second-order valence-corrected chi connectivity index (χ2v) is 6.38. The summed E-state index contributed by atoms with van der Waals surface area (Å²) < 4.78 is 1.73. The zero-order valence-corrected chi connectivity index (χ0v) is 15.0. The van der Waals surface area contributed by atoms with Gasteiger partial charge in [0, 0.05) is 35.9 Å². The summed E-state index contributed by atoms with van der Waals surface area (Å²) >= 11 is 0. The van der Waals surface area contributed by atoms with Gasteiger partial charge in [0.2, 0.25) is 0 Å². The van der Waals surface area contributed by atoms with E-state index in [4.69, 9.17) is 4.98 Å². The number of anilines is 1. The first kappa shape index (κ1) is 16.8. The highest BCUT2D eigenvalue weighted by Gasteiger charge is 2.16. The van der Waals surface area contributed by atoms with E-state index in [9.17, 15) is 9.90 Å². The third-order valence-electron chi connectivity index (χ3n) is 4.35. The minimum atomic E-state index is -0.262. The quantitative estimate of drug-likeness (QED) is 0.582. The van der Waals surface area contributed by atoms with E-state index in [1.54, 1.807) is 28.9 Å². The molecule has 134 valence electrons. The first-order valence-electron chi connectivity index (χ1n) is 8.52. The number of phenols is 1. The van der Waals surface area contributed by atoms with Crippen LogP contribution in [0.25, 0.3) is 22.2 Å². The molecule has 27 heavy (non-hydrogen) atoms. The van der Waals surface area contributed by atoms with Crippen LogP contribution in [-0.2, 0) is 7.05 Å². The zero-order valence-electron chi connectivity index (χ0n) is 15.0. The van der Waals surface area contributed by atoms with Crippen LogP contribution in [0.4, 0.5) is 5.69 Å². The van der Waals surface area contributed by atoms with E-state index in [1.165, 1.54) is 6.07 Å². The van der Waals surface area contributed by atoms with Gasteiger partial charge in [-0.25, -0.2) is 4.98 Å². The van der Waals surface area contributed by atoms with Gasteiger partial charge < -0.3 is 10.4 Å². The Morgan fingerprint density at radius 1 is 1.11 bits per heavy atom. The van der Waals surface area contributed by atoms with Crippen molar-refractivity contribution in [1.29, 1.82) is 0 Å². The van der Waals surface area contributed by atoms with Crippen molar-refractivity contribution in [3.63, 3.8) is 0 Å². The molecule has 0 unspecified atom stereocenters. The molecule has 1 amide bonds. The van der Waals surface area contributed by atoms with Crippen LogP contribution in [0, 0.1) is 6.92 Å². The normalized spacial score (nSPS) is 10.9. The first-order valence-corrected chi connectivity index (χ1v) is 8.52. The number of aromatic nitrogens is 3. The Morgan fingerprint density at radius 2 is 1.93 bits per heavy atom. The van der Waals surface area contributed by atoms with Crippen molar-refractivity contribution in [2.75, 3.05) is 5.32 Å². The molecule has 0 fully saturated rings. The largest absolute Gasteiger partial charge is 0.508 e. The van der Waals surface area contributed by atoms with Crippen molar-refractivity contribution in [3.8, 4) is 17.0 Å². The Morgan fingerprint density at radius 3 is 2.67 bits per heavy atom. The summed E-state index contributed by atoms with van der Waals surface area (Å²) in [5.74, 6) is -0.166. The number of phenolic OH excluding ortho intramolecular Hbond substituents is 1. The third kappa shape index (κ3) is 3.25. The molecular formula is C21H18N4O2. The first-order chi connectivity index (χ1) is 13.0. The molecule has 0 radical (unpaired) electrons. The highest BCUT2D eigenvalue weighted by molar-refractivity contribution is 6.13. The van der Waals surface area contributed by atoms with Crippen molar-refractivity contribution in [2.24, 2.45) is 7.05 Å². The van der Waals surface area contributed by atoms with Gasteiger partial charge in [0.05, 0.1) is 22.5 Å². The van der Waals surface area contributed by atoms with E-state index in [1.807, 2.05) is 44.4 Å². The van der Waals surface area contributed by atoms with Gasteiger partial charge in [0.15, 0.2) is 0 Å². The van der Waals surface area contributed by atoms with E-state index in [0.29, 0.717) is 16.9 Å². The van der Waals surface area contributed by atoms with Crippen molar-refractivity contribution in [2.45, 2.75) is 6.92 Å². The van der Waals surface area contributed by atoms with Gasteiger partial charge in [-0.2, -0.15) is 5.10 Å². The lowest BCUT2D eigenvalue weighted by Gasteiger charge is -2.10. The lowest BCUT2D eigenvalue weighted by atomic mass is 10.0. The van der Waals surface area contributed by atoms with E-state index in [2.05, 4.69) is 10.4 Å². The van der Waals surface area contributed by atoms with Gasteiger partial charge in [0.25, 0.3) is 5.91 Å². The average molecular weight is 358 g/mol. The molecule has 4 rings (SSSR count). The molecule has 2 aromatic carbocycles. The van der Waals surface area contributed by atoms with Crippen LogP contribution < -0.4 is 5.32 Å². The number of aromatic hydroxyl groups is 1. The summed E-state index contributed by atoms with van der Waals surface area (Å²) in [5, 5.41) is 17.6. The molecule has 4 aromatic rings. The predicted octanol–water partition coefficient (Wildman–Crippen LogP) is 3.90. The number of pyridine rings is 1. The van der Waals surface area contributed by atoms with Crippen molar-refractivity contribution >= 4 is 22.5 Å². The standard InChI is InChI=1S/C21H18N4O2/c1-13-18(12-25(2)24-13)20-11-17(16-8-3-4-9-19(16)23-20)21(27)22-14-6-5-7-15(26)10-14/h3-12,26H,1-2H3,(H,22,27). The van der Waals surface area contributed by atoms with Crippen molar-refractivity contribution in [3.05, 3.63) is 72.1 Å². The Bertz CT molecular complexity index is 1160. The molecule has 2 N–H and O–H groups in total. The minimum Gasteiger partial charge on any atom is -0.508 e. The lowest BCUT2D eigenvalue weighted by molar-refractivity contribution is 0.102. The molecule has 0 aliphatic carbocycles. The molecule has 0 spiro atoms. The molecule has 0 aliphatic heterocycles. The number of hydrogen-bond donors (Lipinski definition) is 2. The van der Waals surface area contributed by atoms with Crippen LogP contribution in [0.2, 0.25) is 0 Å². The molecule has 0 saturated heterocycles. The number of hydrogen-bond acceptors (Lipinski definition) is 4. The van der Waals surface area contributed by atoms with Gasteiger partial charge >= 0.3 is 0 Å². The van der Waals surface area contributed by atoms with Gasteiger partial charge in [-0.05, 0) is 31.2 Å². The van der Waals surface area contributed by atoms with Crippen LogP contribution >= 0.6 is 0 Å². The van der Waals surface area contributed by atoms with Crippen LogP contribution in [-0.4, -0.2) is 25.8 Å². The topological polar surface area (TPSA) is 80.0 Å². The lowest BCUT2D eigenvalue weighted by Crippen LogP contribution is -2.13. The molecule has 2 aromatic heterocycles. The molecule has 0 bridgehead atoms. The summed E-state index contributed by atoms with van der Waals surface area (Å²) in [5.41, 5.74) is 4.20. The number of aryl methyl sites for hydroxylation is 2. The summed E-state index contributed by atoms with van der Waals surface area (Å²) in [6.07, 6.45) is 1.89. The van der Waals surface area contributed by atoms with Crippen LogP contribution in [0.1, 0.15) is 16.1 Å². The number of carbonyl (C=O) groups is 1. The van der Waals surface area contributed by atoms with Gasteiger partial charge in [-0.3, -0.25) is 9.48 Å². The molecule has 6 heteroatoms. The second-order valence-electron chi connectivity index (χ2n) is 6.38. The number of nitrogens with one attached hydrogen (secondary N) is 1. The smallest absolute Gasteiger partial charge is 0.256 e. The van der Waals surface area contributed by atoms with Crippen LogP contribution in [0.5, 0.6) is 5.75 Å². The summed E-state index contributed by atoms with van der Waals surface area (Å²) in [4.78, 5) is 17.7. The molecule has 6 nitrogen and oxygen atoms in total. The van der Waals surface area contributed by atoms with Gasteiger partial charge in [-0.15, -0.1) is 0 Å². The monoisotopic (exact) mass is 358 g/mol. The number of para-hydroxylation sites is 1. The van der Waals surface area contributed by atoms with E-state index in [-0.39, 0.29) is 11.7 Å². The molecule has 0 aliphatic rings. The Hall–Kier alpha value is -3.67. The van der Waals surface area contributed by atoms with E-state index in [0.717, 1.165) is 22.2 Å². The third-order valence-corrected chi connectivity index (χ3v) is 4.35. The molecule has 2 heterocycles. The zero-order chi connectivity index (χ0) is 19.0. The number of carbonyl (C=O) groups excluding carboxylic acids is 1. The van der Waals surface area contributed by atoms with Crippen molar-refractivity contribution in [1.82, 2.24) is 14.8 Å². The SMILES string of the molecule is Cc1nn(C)cc1-c1cc(C(=O)Nc2cccc(O)c2)c2ccccc2n1. The fraction of sp³-hybridized carbons (Fsp3) is 0.0952. The van der Waals surface area contributed by atoms with Gasteiger partial charge in [-0.1, -0.05) is 24.3 Å². The van der Waals surface area contributed by atoms with E-state index < -0.39 is 0 Å². The summed E-state index contributed by atoms with van der Waals surface area (Å²) in [7, 11) is 1.85. The Balaban J connectivity index is 1.83. The maximum atomic E-state index is 13.0. The highest BCUT2D eigenvalue weighted by Crippen LogP contribution is 2.27. The number of benzene rings is 2. The number of amides is 1.